The van der Waals surface area contributed by atoms with Crippen LogP contribution >= 0.6 is 11.6 Å². The van der Waals surface area contributed by atoms with Gasteiger partial charge in [-0.25, -0.2) is 0 Å². The van der Waals surface area contributed by atoms with E-state index < -0.39 is 10.8 Å². The first-order chi connectivity index (χ1) is 10.9. The van der Waals surface area contributed by atoms with E-state index in [2.05, 4.69) is 15.5 Å². The van der Waals surface area contributed by atoms with Gasteiger partial charge < -0.3 is 5.32 Å². The summed E-state index contributed by atoms with van der Waals surface area (Å²) in [5.74, 6) is -0.557. The number of nitro groups is 1. The van der Waals surface area contributed by atoms with E-state index in [1.165, 1.54) is 10.9 Å². The highest BCUT2D eigenvalue weighted by molar-refractivity contribution is 6.31. The molecule has 2 aromatic heterocycles. The number of nitrogens with one attached hydrogen (secondary N) is 1. The van der Waals surface area contributed by atoms with Crippen molar-refractivity contribution in [3.63, 3.8) is 0 Å². The molecular weight excluding hydrogens is 324 g/mol. The van der Waals surface area contributed by atoms with Crippen LogP contribution < -0.4 is 5.32 Å². The highest BCUT2D eigenvalue weighted by atomic mass is 35.5. The Labute approximate surface area is 137 Å². The normalized spacial score (nSPS) is 10.7. The molecule has 2 heterocycles. The molecule has 1 amide bonds. The molecule has 0 saturated heterocycles. The topological polar surface area (TPSA) is 108 Å². The average Bonchev–Trinajstić information content (AvgIpc) is 3.07. The molecule has 10 heteroatoms. The third-order valence-corrected chi connectivity index (χ3v) is 3.59. The number of halogens is 1. The Balaban J connectivity index is 1.89. The summed E-state index contributed by atoms with van der Waals surface area (Å²) in [4.78, 5) is 22.4. The van der Waals surface area contributed by atoms with Gasteiger partial charge in [-0.15, -0.1) is 0 Å². The van der Waals surface area contributed by atoms with E-state index >= 15 is 0 Å². The van der Waals surface area contributed by atoms with Crippen molar-refractivity contribution in [2.24, 2.45) is 0 Å². The lowest BCUT2D eigenvalue weighted by Crippen LogP contribution is -2.26. The van der Waals surface area contributed by atoms with Gasteiger partial charge in [-0.2, -0.15) is 10.2 Å². The molecular formula is C13H17ClN6O3. The zero-order valence-corrected chi connectivity index (χ0v) is 13.6. The minimum Gasteiger partial charge on any atom is -0.350 e. The molecule has 2 rings (SSSR count). The number of rotatable bonds is 7. The maximum atomic E-state index is 12.0. The van der Waals surface area contributed by atoms with E-state index in [9.17, 15) is 14.9 Å². The number of nitrogens with zero attached hydrogens (tertiary/aromatic N) is 5. The van der Waals surface area contributed by atoms with Crippen LogP contribution in [0.25, 0.3) is 0 Å². The monoisotopic (exact) mass is 340 g/mol. The van der Waals surface area contributed by atoms with Crippen LogP contribution in [0.2, 0.25) is 5.02 Å². The first kappa shape index (κ1) is 16.9. The minimum absolute atomic E-state index is 0.171. The number of aryl methyl sites for hydroxylation is 3. The lowest BCUT2D eigenvalue weighted by Gasteiger charge is -2.03. The second kappa shape index (κ2) is 7.23. The van der Waals surface area contributed by atoms with Gasteiger partial charge in [0, 0.05) is 25.8 Å². The van der Waals surface area contributed by atoms with Crippen LogP contribution in [0.4, 0.5) is 5.69 Å². The number of hydrogen-bond acceptors (Lipinski definition) is 5. The van der Waals surface area contributed by atoms with Crippen molar-refractivity contribution in [3.8, 4) is 0 Å². The summed E-state index contributed by atoms with van der Waals surface area (Å²) >= 11 is 5.91. The van der Waals surface area contributed by atoms with Crippen LogP contribution in [0.1, 0.15) is 29.5 Å². The standard InChI is InChI=1S/C13H17ClN6O3/c1-3-18-8-11(20(22)23)12(17-18)13(21)15-5-4-6-19-7-10(14)9(2)16-19/h7-8H,3-6H2,1-2H3,(H,15,21). The molecule has 0 aliphatic heterocycles. The van der Waals surface area contributed by atoms with Crippen molar-refractivity contribution in [3.05, 3.63) is 38.9 Å². The average molecular weight is 341 g/mol. The van der Waals surface area contributed by atoms with Crippen molar-refractivity contribution < 1.29 is 9.72 Å². The molecule has 1 N–H and O–H groups in total. The van der Waals surface area contributed by atoms with Crippen LogP contribution in [0.5, 0.6) is 0 Å². The van der Waals surface area contributed by atoms with E-state index in [0.29, 0.717) is 31.1 Å². The molecule has 2 aromatic rings. The van der Waals surface area contributed by atoms with Gasteiger partial charge in [0.1, 0.15) is 6.20 Å². The highest BCUT2D eigenvalue weighted by Crippen LogP contribution is 2.16. The summed E-state index contributed by atoms with van der Waals surface area (Å²) in [7, 11) is 0. The Hall–Kier alpha value is -2.42. The molecule has 124 valence electrons. The maximum absolute atomic E-state index is 12.0. The number of carbonyl (C=O) groups is 1. The largest absolute Gasteiger partial charge is 0.350 e. The number of carbonyl (C=O) groups excluding carboxylic acids is 1. The summed E-state index contributed by atoms with van der Waals surface area (Å²) < 4.78 is 3.06. The summed E-state index contributed by atoms with van der Waals surface area (Å²) in [6.07, 6.45) is 3.58. The van der Waals surface area contributed by atoms with Gasteiger partial charge in [0.15, 0.2) is 0 Å². The Morgan fingerprint density at radius 1 is 1.39 bits per heavy atom. The predicted octanol–water partition coefficient (Wildman–Crippen LogP) is 1.79. The van der Waals surface area contributed by atoms with E-state index in [0.717, 1.165) is 5.69 Å². The van der Waals surface area contributed by atoms with Crippen molar-refractivity contribution >= 4 is 23.2 Å². The molecule has 0 fully saturated rings. The zero-order valence-electron chi connectivity index (χ0n) is 12.8. The molecule has 0 aliphatic rings. The van der Waals surface area contributed by atoms with Crippen molar-refractivity contribution in [1.82, 2.24) is 24.9 Å². The van der Waals surface area contributed by atoms with Gasteiger partial charge in [0.25, 0.3) is 5.91 Å². The van der Waals surface area contributed by atoms with Gasteiger partial charge in [-0.3, -0.25) is 24.3 Å². The second-order valence-corrected chi connectivity index (χ2v) is 5.32. The van der Waals surface area contributed by atoms with Crippen molar-refractivity contribution in [1.29, 1.82) is 0 Å². The summed E-state index contributed by atoms with van der Waals surface area (Å²) in [5.41, 5.74) is 0.282. The van der Waals surface area contributed by atoms with Gasteiger partial charge in [0.05, 0.1) is 15.6 Å². The van der Waals surface area contributed by atoms with Crippen LogP contribution in [-0.2, 0) is 13.1 Å². The fraction of sp³-hybridized carbons (Fsp3) is 0.462. The second-order valence-electron chi connectivity index (χ2n) is 4.91. The molecule has 0 aromatic carbocycles. The highest BCUT2D eigenvalue weighted by Gasteiger charge is 2.24. The van der Waals surface area contributed by atoms with Crippen LogP contribution in [0, 0.1) is 17.0 Å². The predicted molar refractivity (Wildman–Crippen MR) is 83.5 cm³/mol. The minimum atomic E-state index is -0.609. The molecule has 0 saturated carbocycles. The molecule has 0 spiro atoms. The lowest BCUT2D eigenvalue weighted by atomic mass is 10.3. The fourth-order valence-electron chi connectivity index (χ4n) is 2.00. The maximum Gasteiger partial charge on any atom is 0.320 e. The Kier molecular flexibility index (Phi) is 5.32. The van der Waals surface area contributed by atoms with Gasteiger partial charge in [0.2, 0.25) is 5.69 Å². The van der Waals surface area contributed by atoms with E-state index in [-0.39, 0.29) is 11.4 Å². The molecule has 9 nitrogen and oxygen atoms in total. The molecule has 0 unspecified atom stereocenters. The van der Waals surface area contributed by atoms with Gasteiger partial charge >= 0.3 is 5.69 Å². The third kappa shape index (κ3) is 4.07. The molecule has 0 radical (unpaired) electrons. The van der Waals surface area contributed by atoms with Crippen molar-refractivity contribution in [2.75, 3.05) is 6.54 Å². The Bertz CT molecular complexity index is 704. The molecule has 0 atom stereocenters. The number of aromatic nitrogens is 4. The number of amides is 1. The quantitative estimate of drug-likeness (QED) is 0.469. The van der Waals surface area contributed by atoms with E-state index in [1.54, 1.807) is 17.8 Å². The fourth-order valence-corrected chi connectivity index (χ4v) is 2.15. The molecule has 0 bridgehead atoms. The first-order valence-electron chi connectivity index (χ1n) is 7.12. The smallest absolute Gasteiger partial charge is 0.320 e. The first-order valence-corrected chi connectivity index (χ1v) is 7.49. The summed E-state index contributed by atoms with van der Waals surface area (Å²) in [6, 6.07) is 0. The van der Waals surface area contributed by atoms with Gasteiger partial charge in [-0.05, 0) is 20.3 Å². The lowest BCUT2D eigenvalue weighted by molar-refractivity contribution is -0.385. The zero-order chi connectivity index (χ0) is 17.0. The van der Waals surface area contributed by atoms with Crippen LogP contribution in [0.15, 0.2) is 12.4 Å². The van der Waals surface area contributed by atoms with Crippen LogP contribution in [0.3, 0.4) is 0 Å². The summed E-state index contributed by atoms with van der Waals surface area (Å²) in [5, 5.41) is 22.3. The van der Waals surface area contributed by atoms with Crippen molar-refractivity contribution in [2.45, 2.75) is 33.4 Å². The molecule has 0 aliphatic carbocycles. The Morgan fingerprint density at radius 3 is 2.70 bits per heavy atom. The summed E-state index contributed by atoms with van der Waals surface area (Å²) in [6.45, 7) is 4.98. The van der Waals surface area contributed by atoms with E-state index in [4.69, 9.17) is 11.6 Å². The SMILES string of the molecule is CCn1cc([N+](=O)[O-])c(C(=O)NCCCn2cc(Cl)c(C)n2)n1. The van der Waals surface area contributed by atoms with Crippen LogP contribution in [-0.4, -0.2) is 36.9 Å². The third-order valence-electron chi connectivity index (χ3n) is 3.21. The number of hydrogen-bond donors (Lipinski definition) is 1. The van der Waals surface area contributed by atoms with Gasteiger partial charge in [-0.1, -0.05) is 11.6 Å². The molecule has 23 heavy (non-hydrogen) atoms. The Morgan fingerprint density at radius 2 is 2.13 bits per heavy atom. The van der Waals surface area contributed by atoms with E-state index in [1.807, 2.05) is 6.92 Å².